The van der Waals surface area contributed by atoms with E-state index in [0.717, 1.165) is 16.6 Å². The van der Waals surface area contributed by atoms with Gasteiger partial charge in [0.1, 0.15) is 6.54 Å². The highest BCUT2D eigenvalue weighted by atomic mass is 35.5. The first kappa shape index (κ1) is 16.2. The van der Waals surface area contributed by atoms with Crippen LogP contribution in [-0.2, 0) is 19.4 Å². The lowest BCUT2D eigenvalue weighted by Gasteiger charge is -2.01. The predicted molar refractivity (Wildman–Crippen MR) is 88.3 cm³/mol. The van der Waals surface area contributed by atoms with Crippen molar-refractivity contribution in [3.05, 3.63) is 79.2 Å². The van der Waals surface area contributed by atoms with Gasteiger partial charge < -0.3 is 9.51 Å². The number of hydrogen-bond acceptors (Lipinski definition) is 5. The Balaban J connectivity index is 1.70. The molecular weight excluding hydrogens is 332 g/mol. The quantitative estimate of drug-likeness (QED) is 0.759. The molecule has 1 N–H and O–H groups in total. The molecule has 3 aromatic rings. The number of nitrogens with zero attached hydrogens (tertiary/aromatic N) is 3. The van der Waals surface area contributed by atoms with Crippen molar-refractivity contribution in [2.45, 2.75) is 26.3 Å². The van der Waals surface area contributed by atoms with Crippen LogP contribution in [0.1, 0.15) is 22.8 Å². The van der Waals surface area contributed by atoms with Crippen LogP contribution in [0.4, 0.5) is 0 Å². The Labute approximate surface area is 141 Å². The van der Waals surface area contributed by atoms with Crippen molar-refractivity contribution < 1.29 is 4.52 Å². The van der Waals surface area contributed by atoms with E-state index in [1.807, 2.05) is 24.3 Å². The van der Waals surface area contributed by atoms with E-state index >= 15 is 0 Å². The molecule has 7 nitrogen and oxygen atoms in total. The summed E-state index contributed by atoms with van der Waals surface area (Å²) in [6, 6.07) is 7.54. The molecule has 124 valence electrons. The number of benzene rings is 1. The highest BCUT2D eigenvalue weighted by Gasteiger charge is 2.11. The molecule has 0 amide bonds. The molecule has 0 aliphatic heterocycles. The number of halogens is 1. The summed E-state index contributed by atoms with van der Waals surface area (Å²) in [6.45, 7) is 1.57. The van der Waals surface area contributed by atoms with Crippen LogP contribution < -0.4 is 11.2 Å². The van der Waals surface area contributed by atoms with Crippen LogP contribution in [0.3, 0.4) is 0 Å². The Morgan fingerprint density at radius 3 is 2.71 bits per heavy atom. The van der Waals surface area contributed by atoms with Crippen LogP contribution >= 0.6 is 11.6 Å². The molecule has 3 rings (SSSR count). The predicted octanol–water partition coefficient (Wildman–Crippen LogP) is 1.71. The first-order valence-electron chi connectivity index (χ1n) is 7.38. The van der Waals surface area contributed by atoms with Crippen molar-refractivity contribution >= 4 is 11.6 Å². The minimum atomic E-state index is -0.508. The fourth-order valence-corrected chi connectivity index (χ4v) is 2.38. The second-order valence-electron chi connectivity index (χ2n) is 5.40. The molecule has 0 saturated carbocycles. The van der Waals surface area contributed by atoms with Gasteiger partial charge in [0.15, 0.2) is 5.82 Å². The second-order valence-corrected chi connectivity index (χ2v) is 5.84. The van der Waals surface area contributed by atoms with Crippen molar-refractivity contribution in [1.82, 2.24) is 19.7 Å². The van der Waals surface area contributed by atoms with Gasteiger partial charge in [-0.3, -0.25) is 9.36 Å². The Hall–Kier alpha value is -2.67. The van der Waals surface area contributed by atoms with E-state index in [9.17, 15) is 9.59 Å². The molecule has 1 aromatic carbocycles. The van der Waals surface area contributed by atoms with Crippen molar-refractivity contribution in [3.63, 3.8) is 0 Å². The second kappa shape index (κ2) is 6.84. The number of aromatic nitrogens is 4. The molecular formula is C16H15ClN4O3. The van der Waals surface area contributed by atoms with E-state index in [1.165, 1.54) is 6.20 Å². The van der Waals surface area contributed by atoms with Gasteiger partial charge in [-0.25, -0.2) is 4.79 Å². The number of rotatable bonds is 5. The zero-order valence-electron chi connectivity index (χ0n) is 13.0. The molecule has 0 aliphatic carbocycles. The molecule has 0 aliphatic rings. The maximum Gasteiger partial charge on any atom is 0.328 e. The van der Waals surface area contributed by atoms with Gasteiger partial charge in [-0.05, 0) is 31.0 Å². The first-order valence-corrected chi connectivity index (χ1v) is 7.76. The molecule has 0 radical (unpaired) electrons. The van der Waals surface area contributed by atoms with Gasteiger partial charge in [0.05, 0.1) is 0 Å². The summed E-state index contributed by atoms with van der Waals surface area (Å²) in [4.78, 5) is 30.5. The van der Waals surface area contributed by atoms with E-state index in [4.69, 9.17) is 16.1 Å². The van der Waals surface area contributed by atoms with Gasteiger partial charge in [-0.2, -0.15) is 4.98 Å². The molecule has 2 heterocycles. The SMILES string of the molecule is Cc1c[nH]c(=O)n(Cc2nc(CCc3ccc(Cl)cc3)no2)c1=O. The zero-order valence-corrected chi connectivity index (χ0v) is 13.7. The number of aromatic amines is 1. The van der Waals surface area contributed by atoms with Gasteiger partial charge in [-0.1, -0.05) is 28.9 Å². The normalized spacial score (nSPS) is 10.9. The summed E-state index contributed by atoms with van der Waals surface area (Å²) in [5, 5.41) is 4.58. The summed E-state index contributed by atoms with van der Waals surface area (Å²) in [6.07, 6.45) is 2.71. The summed E-state index contributed by atoms with van der Waals surface area (Å²) in [5.41, 5.74) is 0.667. The number of H-pyrrole nitrogens is 1. The van der Waals surface area contributed by atoms with Gasteiger partial charge in [-0.15, -0.1) is 0 Å². The van der Waals surface area contributed by atoms with Crippen LogP contribution in [-0.4, -0.2) is 19.7 Å². The molecule has 0 fully saturated rings. The maximum atomic E-state index is 12.0. The van der Waals surface area contributed by atoms with Crippen LogP contribution in [0.2, 0.25) is 5.02 Å². The Morgan fingerprint density at radius 1 is 1.21 bits per heavy atom. The third kappa shape index (κ3) is 3.62. The van der Waals surface area contributed by atoms with Gasteiger partial charge in [0, 0.05) is 23.2 Å². The molecule has 24 heavy (non-hydrogen) atoms. The molecule has 0 saturated heterocycles. The van der Waals surface area contributed by atoms with E-state index in [2.05, 4.69) is 15.1 Å². The molecule has 8 heteroatoms. The number of hydrogen-bond donors (Lipinski definition) is 1. The summed E-state index contributed by atoms with van der Waals surface area (Å²) < 4.78 is 6.16. The fourth-order valence-electron chi connectivity index (χ4n) is 2.26. The third-order valence-corrected chi connectivity index (χ3v) is 3.85. The largest absolute Gasteiger partial charge is 0.337 e. The van der Waals surface area contributed by atoms with Crippen molar-refractivity contribution in [3.8, 4) is 0 Å². The average Bonchev–Trinajstić information content (AvgIpc) is 3.02. The number of aryl methyl sites for hydroxylation is 3. The van der Waals surface area contributed by atoms with Gasteiger partial charge in [0.2, 0.25) is 5.89 Å². The summed E-state index contributed by atoms with van der Waals surface area (Å²) >= 11 is 5.85. The lowest BCUT2D eigenvalue weighted by atomic mass is 10.1. The summed E-state index contributed by atoms with van der Waals surface area (Å²) in [7, 11) is 0. The smallest absolute Gasteiger partial charge is 0.328 e. The van der Waals surface area contributed by atoms with Gasteiger partial charge in [0.25, 0.3) is 5.56 Å². The van der Waals surface area contributed by atoms with Crippen molar-refractivity contribution in [1.29, 1.82) is 0 Å². The third-order valence-electron chi connectivity index (χ3n) is 3.59. The molecule has 2 aromatic heterocycles. The molecule has 0 atom stereocenters. The van der Waals surface area contributed by atoms with E-state index in [1.54, 1.807) is 6.92 Å². The fraction of sp³-hybridized carbons (Fsp3) is 0.250. The molecule has 0 spiro atoms. The minimum absolute atomic E-state index is 0.0518. The zero-order chi connectivity index (χ0) is 17.1. The van der Waals surface area contributed by atoms with Crippen LogP contribution in [0, 0.1) is 6.92 Å². The van der Waals surface area contributed by atoms with Gasteiger partial charge >= 0.3 is 5.69 Å². The van der Waals surface area contributed by atoms with Crippen LogP contribution in [0.25, 0.3) is 0 Å². The molecule has 0 unspecified atom stereocenters. The Morgan fingerprint density at radius 2 is 1.96 bits per heavy atom. The maximum absolute atomic E-state index is 12.0. The van der Waals surface area contributed by atoms with E-state index in [-0.39, 0.29) is 18.0 Å². The Kier molecular flexibility index (Phi) is 4.61. The van der Waals surface area contributed by atoms with Crippen molar-refractivity contribution in [2.75, 3.05) is 0 Å². The molecule has 0 bridgehead atoms. The lowest BCUT2D eigenvalue weighted by Crippen LogP contribution is -2.36. The monoisotopic (exact) mass is 346 g/mol. The first-order chi connectivity index (χ1) is 11.5. The average molecular weight is 347 g/mol. The number of nitrogens with one attached hydrogen (secondary N) is 1. The summed E-state index contributed by atoms with van der Waals surface area (Å²) in [5.74, 6) is 0.747. The topological polar surface area (TPSA) is 93.8 Å². The minimum Gasteiger partial charge on any atom is -0.337 e. The lowest BCUT2D eigenvalue weighted by molar-refractivity contribution is 0.362. The highest BCUT2D eigenvalue weighted by Crippen LogP contribution is 2.11. The standard InChI is InChI=1S/C16H15ClN4O3/c1-10-8-18-16(23)21(15(10)22)9-14-19-13(20-24-14)7-4-11-2-5-12(17)6-3-11/h2-3,5-6,8H,4,7,9H2,1H3,(H,18,23). The van der Waals surface area contributed by atoms with E-state index < -0.39 is 5.69 Å². The van der Waals surface area contributed by atoms with Crippen LogP contribution in [0.5, 0.6) is 0 Å². The van der Waals surface area contributed by atoms with Crippen LogP contribution in [0.15, 0.2) is 44.6 Å². The van der Waals surface area contributed by atoms with Crippen molar-refractivity contribution in [2.24, 2.45) is 0 Å². The highest BCUT2D eigenvalue weighted by molar-refractivity contribution is 6.30. The van der Waals surface area contributed by atoms with E-state index in [0.29, 0.717) is 22.8 Å². The Bertz CT molecular complexity index is 956.